The van der Waals surface area contributed by atoms with Gasteiger partial charge in [-0.05, 0) is 60.8 Å². The minimum atomic E-state index is -0.165. The Balaban J connectivity index is 1.72. The van der Waals surface area contributed by atoms with Crippen LogP contribution in [0.2, 0.25) is 5.02 Å². The summed E-state index contributed by atoms with van der Waals surface area (Å²) >= 11 is 6.10. The van der Waals surface area contributed by atoms with E-state index < -0.39 is 0 Å². The molecule has 0 saturated heterocycles. The van der Waals surface area contributed by atoms with Crippen LogP contribution in [-0.4, -0.2) is 29.0 Å². The number of amides is 1. The van der Waals surface area contributed by atoms with Gasteiger partial charge in [0.1, 0.15) is 6.61 Å². The lowest BCUT2D eigenvalue weighted by Gasteiger charge is -2.23. The van der Waals surface area contributed by atoms with Gasteiger partial charge in [0.15, 0.2) is 11.5 Å². The Morgan fingerprint density at radius 2 is 1.74 bits per heavy atom. The zero-order chi connectivity index (χ0) is 22.1. The Hall–Kier alpha value is -3.02. The molecule has 0 fully saturated rings. The summed E-state index contributed by atoms with van der Waals surface area (Å²) in [6.45, 7) is 1.90. The van der Waals surface area contributed by atoms with Crippen LogP contribution in [0, 0.1) is 0 Å². The summed E-state index contributed by atoms with van der Waals surface area (Å²) in [5.41, 5.74) is 7.96. The molecule has 0 spiro atoms. The third-order valence-corrected chi connectivity index (χ3v) is 5.11. The van der Waals surface area contributed by atoms with Crippen LogP contribution in [-0.2, 0) is 13.2 Å². The Kier molecular flexibility index (Phi) is 8.33. The van der Waals surface area contributed by atoms with Crippen LogP contribution in [0.25, 0.3) is 0 Å². The number of halogens is 1. The average molecular weight is 439 g/mol. The summed E-state index contributed by atoms with van der Waals surface area (Å²) in [5, 5.41) is 11.0. The third-order valence-electron chi connectivity index (χ3n) is 4.87. The van der Waals surface area contributed by atoms with Crippen molar-refractivity contribution in [2.24, 2.45) is 5.73 Å². The van der Waals surface area contributed by atoms with Crippen molar-refractivity contribution in [3.05, 3.63) is 94.5 Å². The van der Waals surface area contributed by atoms with Crippen LogP contribution in [0.4, 0.5) is 0 Å². The number of benzene rings is 3. The molecule has 0 aromatic heterocycles. The molecule has 3 rings (SSSR count). The number of unbranched alkanes of at least 4 members (excludes halogenated alkanes) is 1. The van der Waals surface area contributed by atoms with Crippen LogP contribution < -0.4 is 10.5 Å². The molecule has 31 heavy (non-hydrogen) atoms. The maximum Gasteiger partial charge on any atom is 0.254 e. The van der Waals surface area contributed by atoms with Crippen LogP contribution in [0.1, 0.15) is 34.3 Å². The number of carbonyl (C=O) groups excluding carboxylic acids is 1. The summed E-state index contributed by atoms with van der Waals surface area (Å²) in [7, 11) is 0. The highest BCUT2D eigenvalue weighted by Gasteiger charge is 2.18. The first kappa shape index (κ1) is 22.7. The number of carbonyl (C=O) groups is 1. The van der Waals surface area contributed by atoms with Gasteiger partial charge in [-0.15, -0.1) is 0 Å². The second kappa shape index (κ2) is 11.4. The number of hydrogen-bond donors (Lipinski definition) is 2. The highest BCUT2D eigenvalue weighted by molar-refractivity contribution is 6.30. The normalized spacial score (nSPS) is 10.6. The van der Waals surface area contributed by atoms with Crippen molar-refractivity contribution in [2.75, 3.05) is 13.1 Å². The number of hydrogen-bond acceptors (Lipinski definition) is 4. The highest BCUT2D eigenvalue weighted by atomic mass is 35.5. The number of nitrogens with zero attached hydrogens (tertiary/aromatic N) is 1. The van der Waals surface area contributed by atoms with Gasteiger partial charge in [0.05, 0.1) is 0 Å². The van der Waals surface area contributed by atoms with Crippen LogP contribution in [0.15, 0.2) is 72.8 Å². The molecule has 3 aromatic rings. The van der Waals surface area contributed by atoms with Gasteiger partial charge in [-0.3, -0.25) is 4.79 Å². The molecule has 0 unspecified atom stereocenters. The molecular formula is C25H27ClN2O3. The minimum absolute atomic E-state index is 0.0635. The fraction of sp³-hybridized carbons (Fsp3) is 0.240. The summed E-state index contributed by atoms with van der Waals surface area (Å²) in [6, 6.07) is 21.9. The van der Waals surface area contributed by atoms with E-state index >= 15 is 0 Å². The second-order valence-electron chi connectivity index (χ2n) is 7.31. The lowest BCUT2D eigenvalue weighted by Crippen LogP contribution is -2.31. The molecule has 1 amide bonds. The fourth-order valence-corrected chi connectivity index (χ4v) is 3.46. The molecule has 0 radical (unpaired) electrons. The topological polar surface area (TPSA) is 75.8 Å². The van der Waals surface area contributed by atoms with Crippen LogP contribution in [0.5, 0.6) is 11.5 Å². The van der Waals surface area contributed by atoms with E-state index in [9.17, 15) is 9.90 Å². The predicted octanol–water partition coefficient (Wildman–Crippen LogP) is 5.01. The van der Waals surface area contributed by atoms with Crippen molar-refractivity contribution in [2.45, 2.75) is 26.0 Å². The first-order valence-corrected chi connectivity index (χ1v) is 10.7. The van der Waals surface area contributed by atoms with Crippen molar-refractivity contribution >= 4 is 17.5 Å². The molecule has 0 heterocycles. The van der Waals surface area contributed by atoms with Gasteiger partial charge in [0.2, 0.25) is 0 Å². The monoisotopic (exact) mass is 438 g/mol. The number of phenols is 1. The molecule has 162 valence electrons. The van der Waals surface area contributed by atoms with Crippen molar-refractivity contribution in [1.29, 1.82) is 0 Å². The Labute approximate surface area is 188 Å². The van der Waals surface area contributed by atoms with Crippen molar-refractivity contribution in [1.82, 2.24) is 4.90 Å². The van der Waals surface area contributed by atoms with Gasteiger partial charge >= 0.3 is 0 Å². The van der Waals surface area contributed by atoms with E-state index in [2.05, 4.69) is 0 Å². The van der Waals surface area contributed by atoms with E-state index in [1.54, 1.807) is 23.1 Å². The molecule has 0 aliphatic rings. The fourth-order valence-electron chi connectivity index (χ4n) is 3.25. The maximum atomic E-state index is 13.2. The van der Waals surface area contributed by atoms with Gasteiger partial charge in [-0.1, -0.05) is 54.1 Å². The van der Waals surface area contributed by atoms with E-state index in [0.717, 1.165) is 24.0 Å². The molecule has 0 aliphatic carbocycles. The predicted molar refractivity (Wildman–Crippen MR) is 123 cm³/mol. The minimum Gasteiger partial charge on any atom is -0.504 e. The van der Waals surface area contributed by atoms with Gasteiger partial charge in [-0.2, -0.15) is 0 Å². The molecular weight excluding hydrogens is 412 g/mol. The molecule has 3 N–H and O–H groups in total. The number of rotatable bonds is 10. The highest BCUT2D eigenvalue weighted by Crippen LogP contribution is 2.28. The summed E-state index contributed by atoms with van der Waals surface area (Å²) in [4.78, 5) is 14.9. The van der Waals surface area contributed by atoms with Crippen molar-refractivity contribution in [3.63, 3.8) is 0 Å². The van der Waals surface area contributed by atoms with Gasteiger partial charge in [0, 0.05) is 23.7 Å². The quantitative estimate of drug-likeness (QED) is 0.436. The Bertz CT molecular complexity index is 995. The molecule has 0 atom stereocenters. The van der Waals surface area contributed by atoms with E-state index in [0.29, 0.717) is 42.6 Å². The Morgan fingerprint density at radius 3 is 2.45 bits per heavy atom. The number of nitrogens with two attached hydrogens (primary N) is 1. The lowest BCUT2D eigenvalue weighted by atomic mass is 10.1. The van der Waals surface area contributed by atoms with Crippen LogP contribution in [0.3, 0.4) is 0 Å². The summed E-state index contributed by atoms with van der Waals surface area (Å²) in [6.07, 6.45) is 1.63. The molecule has 5 nitrogen and oxygen atoms in total. The molecule has 0 aliphatic heterocycles. The lowest BCUT2D eigenvalue weighted by molar-refractivity contribution is 0.0740. The van der Waals surface area contributed by atoms with E-state index in [1.807, 2.05) is 48.5 Å². The number of aromatic hydroxyl groups is 1. The smallest absolute Gasteiger partial charge is 0.254 e. The number of ether oxygens (including phenoxy) is 1. The SMILES string of the molecule is NCCCCN(Cc1cccc(Cl)c1)C(=O)c1ccc(OCc2ccccc2)c(O)c1. The molecule has 0 bridgehead atoms. The maximum absolute atomic E-state index is 13.2. The van der Waals surface area contributed by atoms with Crippen LogP contribution >= 0.6 is 11.6 Å². The number of phenolic OH excluding ortho intramolecular Hbond substituents is 1. The zero-order valence-corrected chi connectivity index (χ0v) is 18.1. The van der Waals surface area contributed by atoms with Crippen molar-refractivity contribution in [3.8, 4) is 11.5 Å². The third kappa shape index (κ3) is 6.74. The van der Waals surface area contributed by atoms with E-state index in [4.69, 9.17) is 22.1 Å². The second-order valence-corrected chi connectivity index (χ2v) is 7.75. The van der Waals surface area contributed by atoms with Crippen molar-refractivity contribution < 1.29 is 14.6 Å². The largest absolute Gasteiger partial charge is 0.504 e. The molecule has 0 saturated carbocycles. The average Bonchev–Trinajstić information content (AvgIpc) is 2.78. The van der Waals surface area contributed by atoms with E-state index in [1.165, 1.54) is 6.07 Å². The molecule has 6 heteroatoms. The summed E-state index contributed by atoms with van der Waals surface area (Å²) < 4.78 is 5.70. The van der Waals surface area contributed by atoms with E-state index in [-0.39, 0.29) is 11.7 Å². The van der Waals surface area contributed by atoms with Gasteiger partial charge in [0.25, 0.3) is 5.91 Å². The van der Waals surface area contributed by atoms with Gasteiger partial charge in [-0.25, -0.2) is 0 Å². The van der Waals surface area contributed by atoms with Gasteiger partial charge < -0.3 is 20.5 Å². The molecule has 3 aromatic carbocycles. The Morgan fingerprint density at radius 1 is 0.968 bits per heavy atom. The summed E-state index contributed by atoms with van der Waals surface area (Å²) in [5.74, 6) is 0.110. The zero-order valence-electron chi connectivity index (χ0n) is 17.3. The standard InChI is InChI=1S/C25H27ClN2O3/c26-22-10-6-9-20(15-22)17-28(14-5-4-13-27)25(30)21-11-12-24(23(29)16-21)31-18-19-7-2-1-3-8-19/h1-3,6-12,15-16,29H,4-5,13-14,17-18,27H2. The first-order valence-electron chi connectivity index (χ1n) is 10.3. The first-order chi connectivity index (χ1) is 15.1.